The largest absolute Gasteiger partial charge is 0.320 e. The Balaban J connectivity index is 1.94. The van der Waals surface area contributed by atoms with E-state index in [0.29, 0.717) is 11.3 Å². The van der Waals surface area contributed by atoms with E-state index < -0.39 is 0 Å². The number of aryl methyl sites for hydroxylation is 1. The molecule has 1 N–H and O–H groups in total. The van der Waals surface area contributed by atoms with Gasteiger partial charge in [0.2, 0.25) is 5.91 Å². The molecule has 3 rings (SSSR count). The van der Waals surface area contributed by atoms with Gasteiger partial charge >= 0.3 is 0 Å². The number of benzene rings is 2. The summed E-state index contributed by atoms with van der Waals surface area (Å²) < 4.78 is 1.55. The van der Waals surface area contributed by atoms with E-state index >= 15 is 0 Å². The van der Waals surface area contributed by atoms with Crippen LogP contribution in [0, 0.1) is 0 Å². The second kappa shape index (κ2) is 6.08. The van der Waals surface area contributed by atoms with Crippen LogP contribution in [0.4, 0.5) is 5.69 Å². The third kappa shape index (κ3) is 2.88. The fraction of sp³-hybridized carbons (Fsp3) is 0.158. The average molecular weight is 306 g/mol. The second-order valence-electron chi connectivity index (χ2n) is 5.45. The molecule has 1 aromatic heterocycles. The van der Waals surface area contributed by atoms with Gasteiger partial charge in [-0.25, -0.2) is 0 Å². The van der Waals surface area contributed by atoms with Crippen LogP contribution in [0.25, 0.3) is 10.9 Å². The van der Waals surface area contributed by atoms with Crippen LogP contribution in [0.2, 0.25) is 0 Å². The van der Waals surface area contributed by atoms with Crippen molar-refractivity contribution in [3.8, 4) is 0 Å². The van der Waals surface area contributed by atoms with Crippen LogP contribution in [0.3, 0.4) is 0 Å². The number of carbonyl (C=O) groups excluding carboxylic acids is 2. The number of fused-ring (bicyclic) bond motifs is 1. The highest BCUT2D eigenvalue weighted by Crippen LogP contribution is 2.26. The number of hydrogen-bond acceptors (Lipinski definition) is 2. The first-order chi connectivity index (χ1) is 11.1. The van der Waals surface area contributed by atoms with Crippen molar-refractivity contribution < 1.29 is 9.59 Å². The lowest BCUT2D eigenvalue weighted by molar-refractivity contribution is 0.0940. The SMILES string of the molecule is CCc1ccc(C(=O)Nc2cn(C(C)=O)c3ccccc23)cc1. The van der Waals surface area contributed by atoms with Gasteiger partial charge in [-0.3, -0.25) is 14.2 Å². The maximum atomic E-state index is 12.4. The van der Waals surface area contributed by atoms with E-state index in [2.05, 4.69) is 12.2 Å². The van der Waals surface area contributed by atoms with Gasteiger partial charge in [-0.05, 0) is 30.2 Å². The molecule has 0 spiro atoms. The summed E-state index contributed by atoms with van der Waals surface area (Å²) in [6, 6.07) is 15.1. The predicted molar refractivity (Wildman–Crippen MR) is 92.0 cm³/mol. The van der Waals surface area contributed by atoms with Gasteiger partial charge in [-0.15, -0.1) is 0 Å². The Kier molecular flexibility index (Phi) is 3.98. The number of nitrogens with one attached hydrogen (secondary N) is 1. The number of amides is 1. The van der Waals surface area contributed by atoms with Crippen LogP contribution >= 0.6 is 0 Å². The number of hydrogen-bond donors (Lipinski definition) is 1. The highest BCUT2D eigenvalue weighted by atomic mass is 16.2. The van der Waals surface area contributed by atoms with E-state index in [1.54, 1.807) is 10.8 Å². The molecule has 0 aliphatic carbocycles. The zero-order valence-electron chi connectivity index (χ0n) is 13.2. The van der Waals surface area contributed by atoms with Crippen molar-refractivity contribution in [3.63, 3.8) is 0 Å². The monoisotopic (exact) mass is 306 g/mol. The summed E-state index contributed by atoms with van der Waals surface area (Å²) in [5.74, 6) is -0.270. The van der Waals surface area contributed by atoms with Crippen LogP contribution in [0.15, 0.2) is 54.7 Å². The van der Waals surface area contributed by atoms with Gasteiger partial charge in [0.25, 0.3) is 5.91 Å². The van der Waals surface area contributed by atoms with Crippen molar-refractivity contribution >= 4 is 28.4 Å². The van der Waals surface area contributed by atoms with Gasteiger partial charge in [0.1, 0.15) is 0 Å². The van der Waals surface area contributed by atoms with E-state index in [4.69, 9.17) is 0 Å². The molecule has 0 bridgehead atoms. The van der Waals surface area contributed by atoms with Gasteiger partial charge in [-0.2, -0.15) is 0 Å². The van der Waals surface area contributed by atoms with E-state index in [9.17, 15) is 9.59 Å². The van der Waals surface area contributed by atoms with Gasteiger partial charge in [0.15, 0.2) is 0 Å². The molecule has 1 amide bonds. The Morgan fingerprint density at radius 2 is 1.74 bits per heavy atom. The lowest BCUT2D eigenvalue weighted by atomic mass is 10.1. The Morgan fingerprint density at radius 1 is 1.04 bits per heavy atom. The van der Waals surface area contributed by atoms with Gasteiger partial charge in [-0.1, -0.05) is 37.3 Å². The Morgan fingerprint density at radius 3 is 2.39 bits per heavy atom. The fourth-order valence-corrected chi connectivity index (χ4v) is 2.63. The van der Waals surface area contributed by atoms with Crippen LogP contribution in [-0.4, -0.2) is 16.4 Å². The number of carbonyl (C=O) groups is 2. The molecule has 23 heavy (non-hydrogen) atoms. The molecule has 0 aliphatic heterocycles. The summed E-state index contributed by atoms with van der Waals surface area (Å²) in [6.45, 7) is 3.58. The topological polar surface area (TPSA) is 51.1 Å². The third-order valence-electron chi connectivity index (χ3n) is 3.92. The number of aromatic nitrogens is 1. The van der Waals surface area contributed by atoms with Crippen LogP contribution < -0.4 is 5.32 Å². The smallest absolute Gasteiger partial charge is 0.255 e. The van der Waals surface area contributed by atoms with Crippen molar-refractivity contribution in [2.24, 2.45) is 0 Å². The van der Waals surface area contributed by atoms with Gasteiger partial charge in [0.05, 0.1) is 11.2 Å². The maximum absolute atomic E-state index is 12.4. The Bertz CT molecular complexity index is 876. The zero-order valence-corrected chi connectivity index (χ0v) is 13.2. The molecule has 4 nitrogen and oxygen atoms in total. The molecule has 3 aromatic rings. The lowest BCUT2D eigenvalue weighted by Gasteiger charge is -2.04. The number of nitrogens with zero attached hydrogens (tertiary/aromatic N) is 1. The van der Waals surface area contributed by atoms with Crippen molar-refractivity contribution in [1.82, 2.24) is 4.57 Å². The normalized spacial score (nSPS) is 10.7. The van der Waals surface area contributed by atoms with Gasteiger partial charge < -0.3 is 5.32 Å². The fourth-order valence-electron chi connectivity index (χ4n) is 2.63. The minimum atomic E-state index is -0.181. The molecular formula is C19H18N2O2. The first-order valence-corrected chi connectivity index (χ1v) is 7.61. The number of para-hydroxylation sites is 1. The molecule has 0 saturated heterocycles. The van der Waals surface area contributed by atoms with Crippen molar-refractivity contribution in [2.75, 3.05) is 5.32 Å². The summed E-state index contributed by atoms with van der Waals surface area (Å²) >= 11 is 0. The number of anilines is 1. The third-order valence-corrected chi connectivity index (χ3v) is 3.92. The molecule has 1 heterocycles. The molecule has 4 heteroatoms. The molecule has 0 fully saturated rings. The lowest BCUT2D eigenvalue weighted by Crippen LogP contribution is -2.11. The summed E-state index contributed by atoms with van der Waals surface area (Å²) in [6.07, 6.45) is 2.61. The first-order valence-electron chi connectivity index (χ1n) is 7.61. The Labute approximate surface area is 134 Å². The van der Waals surface area contributed by atoms with E-state index in [1.807, 2.05) is 48.5 Å². The van der Waals surface area contributed by atoms with Crippen LogP contribution in [0.1, 0.15) is 34.6 Å². The van der Waals surface area contributed by atoms with E-state index in [0.717, 1.165) is 17.3 Å². The molecule has 0 saturated carbocycles. The van der Waals surface area contributed by atoms with Crippen molar-refractivity contribution in [1.29, 1.82) is 0 Å². The minimum Gasteiger partial charge on any atom is -0.320 e. The van der Waals surface area contributed by atoms with Crippen LogP contribution in [0.5, 0.6) is 0 Å². The van der Waals surface area contributed by atoms with Crippen molar-refractivity contribution in [3.05, 3.63) is 65.9 Å². The predicted octanol–water partition coefficient (Wildman–Crippen LogP) is 4.12. The summed E-state index contributed by atoms with van der Waals surface area (Å²) in [5.41, 5.74) is 3.22. The number of rotatable bonds is 3. The second-order valence-corrected chi connectivity index (χ2v) is 5.45. The quantitative estimate of drug-likeness (QED) is 0.791. The van der Waals surface area contributed by atoms with Crippen LogP contribution in [-0.2, 0) is 6.42 Å². The van der Waals surface area contributed by atoms with Gasteiger partial charge in [0, 0.05) is 24.1 Å². The minimum absolute atomic E-state index is 0.0889. The molecule has 2 aromatic carbocycles. The molecule has 0 radical (unpaired) electrons. The standard InChI is InChI=1S/C19H18N2O2/c1-3-14-8-10-15(11-9-14)19(23)20-17-12-21(13(2)22)18-7-5-4-6-16(17)18/h4-12H,3H2,1-2H3,(H,20,23). The highest BCUT2D eigenvalue weighted by Gasteiger charge is 2.13. The molecule has 116 valence electrons. The summed E-state index contributed by atoms with van der Waals surface area (Å²) in [7, 11) is 0. The van der Waals surface area contributed by atoms with Crippen molar-refractivity contribution in [2.45, 2.75) is 20.3 Å². The molecular weight excluding hydrogens is 288 g/mol. The van der Waals surface area contributed by atoms with E-state index in [1.165, 1.54) is 12.5 Å². The maximum Gasteiger partial charge on any atom is 0.255 e. The molecule has 0 unspecified atom stereocenters. The zero-order chi connectivity index (χ0) is 16.4. The summed E-state index contributed by atoms with van der Waals surface area (Å²) in [5, 5.41) is 3.75. The highest BCUT2D eigenvalue weighted by molar-refractivity contribution is 6.10. The summed E-state index contributed by atoms with van der Waals surface area (Å²) in [4.78, 5) is 24.2. The Hall–Kier alpha value is -2.88. The van der Waals surface area contributed by atoms with E-state index in [-0.39, 0.29) is 11.8 Å². The molecule has 0 aliphatic rings. The molecule has 0 atom stereocenters. The first kappa shape index (κ1) is 15.0. The average Bonchev–Trinajstić information content (AvgIpc) is 2.94.